The number of benzene rings is 3. The molecule has 4 aromatic rings. The molecule has 5 rings (SSSR count). The monoisotopic (exact) mass is 547 g/mol. The van der Waals surface area contributed by atoms with E-state index in [4.69, 9.17) is 0 Å². The van der Waals surface area contributed by atoms with Crippen molar-refractivity contribution < 1.29 is 49.2 Å². The molecule has 1 aromatic heterocycles. The molecule has 121 valence electrons. The standard InChI is InChI=1S/C21H14P.2ClH.Hf/c1-2-8-16-14-17(13-15(16)7-1)22-20-11-5-3-9-18(20)19-10-4-6-12-21(19)22;;;/h1-14H;2*1H;/q;;;+2/p-2. The topological polar surface area (TPSA) is 0 Å². The first-order chi connectivity index (χ1) is 11.3. The predicted molar refractivity (Wildman–Crippen MR) is 97.5 cm³/mol. The van der Waals surface area contributed by atoms with E-state index in [0.717, 1.165) is 0 Å². The van der Waals surface area contributed by atoms with Crippen LogP contribution >= 0.6 is 7.53 Å². The Hall–Kier alpha value is -0.850. The first-order valence-corrected chi connectivity index (χ1v) is 11.3. The molecule has 0 amide bonds. The third-order valence-corrected chi connectivity index (χ3v) is 10.5. The van der Waals surface area contributed by atoms with Gasteiger partial charge in [-0.3, -0.25) is 0 Å². The van der Waals surface area contributed by atoms with Gasteiger partial charge in [-0.25, -0.2) is 0 Å². The summed E-state index contributed by atoms with van der Waals surface area (Å²) in [6, 6.07) is 27.0. The Kier molecular flexibility index (Phi) is 5.61. The molecule has 1 atom stereocenters. The predicted octanol–water partition coefficient (Wildman–Crippen LogP) is 0.587. The van der Waals surface area contributed by atoms with Crippen LogP contribution in [0.15, 0.2) is 72.8 Å². The first kappa shape index (κ1) is 18.9. The Balaban J connectivity index is 0.000000911. The minimum absolute atomic E-state index is 0. The second kappa shape index (κ2) is 7.41. The zero-order chi connectivity index (χ0) is 15.4. The van der Waals surface area contributed by atoms with E-state index < -0.39 is 0 Å². The molecule has 0 N–H and O–H groups in total. The Morgan fingerprint density at radius 3 is 1.80 bits per heavy atom. The summed E-state index contributed by atoms with van der Waals surface area (Å²) in [5, 5.41) is 7.64. The molecule has 1 unspecified atom stereocenters. The molecule has 25 heavy (non-hydrogen) atoms. The third-order valence-electron chi connectivity index (χ3n) is 4.74. The number of allylic oxidation sites excluding steroid dienone is 1. The summed E-state index contributed by atoms with van der Waals surface area (Å²) in [6.45, 7) is 0. The van der Waals surface area contributed by atoms with E-state index in [1.54, 1.807) is 21.1 Å². The molecule has 0 radical (unpaired) electrons. The van der Waals surface area contributed by atoms with Crippen LogP contribution in [0, 0.1) is 0 Å². The SMILES string of the molecule is [Cl-].[Cl-].[Hf+2][CH]1C(p2c3ccccc3c3ccccc32)=Cc2ccccc21. The van der Waals surface area contributed by atoms with Gasteiger partial charge in [-0.15, -0.1) is 0 Å². The fraction of sp³-hybridized carbons (Fsp3) is 0.0476. The van der Waals surface area contributed by atoms with Crippen molar-refractivity contribution in [1.29, 1.82) is 0 Å². The van der Waals surface area contributed by atoms with Gasteiger partial charge < -0.3 is 24.8 Å². The van der Waals surface area contributed by atoms with Gasteiger partial charge in [0, 0.05) is 0 Å². The fourth-order valence-corrected chi connectivity index (χ4v) is 9.16. The van der Waals surface area contributed by atoms with Gasteiger partial charge in [-0.05, 0) is 0 Å². The number of hydrogen-bond donors (Lipinski definition) is 0. The molecule has 0 bridgehead atoms. The van der Waals surface area contributed by atoms with Crippen molar-refractivity contribution >= 4 is 39.9 Å². The van der Waals surface area contributed by atoms with E-state index in [2.05, 4.69) is 78.9 Å². The summed E-state index contributed by atoms with van der Waals surface area (Å²) in [6.07, 6.45) is 2.48. The zero-order valence-electron chi connectivity index (χ0n) is 13.3. The van der Waals surface area contributed by atoms with Crippen LogP contribution in [0.5, 0.6) is 0 Å². The average Bonchev–Trinajstić information content (AvgIpc) is 3.11. The van der Waals surface area contributed by atoms with E-state index in [0.29, 0.717) is 3.67 Å². The molecule has 4 heteroatoms. The van der Waals surface area contributed by atoms with Gasteiger partial charge in [0.15, 0.2) is 0 Å². The second-order valence-electron chi connectivity index (χ2n) is 6.00. The summed E-state index contributed by atoms with van der Waals surface area (Å²) in [7, 11) is -0.368. The summed E-state index contributed by atoms with van der Waals surface area (Å²) in [5.74, 6) is 0. The van der Waals surface area contributed by atoms with Crippen molar-refractivity contribution in [3.63, 3.8) is 0 Å². The van der Waals surface area contributed by atoms with Crippen molar-refractivity contribution in [2.24, 2.45) is 0 Å². The van der Waals surface area contributed by atoms with E-state index in [1.165, 1.54) is 40.7 Å². The third kappa shape index (κ3) is 2.86. The molecule has 0 aliphatic heterocycles. The van der Waals surface area contributed by atoms with Crippen molar-refractivity contribution in [2.45, 2.75) is 3.67 Å². The maximum absolute atomic E-state index is 2.48. The van der Waals surface area contributed by atoms with Gasteiger partial charge in [0.1, 0.15) is 0 Å². The fourth-order valence-electron chi connectivity index (χ4n) is 3.70. The van der Waals surface area contributed by atoms with Crippen LogP contribution < -0.4 is 24.8 Å². The quantitative estimate of drug-likeness (QED) is 0.307. The van der Waals surface area contributed by atoms with Crippen molar-refractivity contribution in [3.8, 4) is 0 Å². The Morgan fingerprint density at radius 1 is 0.680 bits per heavy atom. The first-order valence-electron chi connectivity index (χ1n) is 7.85. The number of fused-ring (bicyclic) bond motifs is 4. The molecule has 0 saturated heterocycles. The van der Waals surface area contributed by atoms with Gasteiger partial charge in [0.2, 0.25) is 0 Å². The average molecular weight is 547 g/mol. The second-order valence-corrected chi connectivity index (χ2v) is 10.2. The van der Waals surface area contributed by atoms with Gasteiger partial charge in [-0.2, -0.15) is 0 Å². The Labute approximate surface area is 175 Å². The van der Waals surface area contributed by atoms with Crippen LogP contribution in [-0.4, -0.2) is 0 Å². The summed E-state index contributed by atoms with van der Waals surface area (Å²) >= 11 is 1.18. The van der Waals surface area contributed by atoms with Crippen LogP contribution in [0.3, 0.4) is 0 Å². The summed E-state index contributed by atoms with van der Waals surface area (Å²) in [5.41, 5.74) is 2.98. The number of halogens is 2. The van der Waals surface area contributed by atoms with Crippen LogP contribution in [0.4, 0.5) is 0 Å². The van der Waals surface area contributed by atoms with Gasteiger partial charge in [0.05, 0.1) is 0 Å². The van der Waals surface area contributed by atoms with E-state index in [1.807, 2.05) is 0 Å². The van der Waals surface area contributed by atoms with Crippen LogP contribution in [0.2, 0.25) is 0 Å². The molecule has 3 aromatic carbocycles. The van der Waals surface area contributed by atoms with Crippen molar-refractivity contribution in [3.05, 3.63) is 83.9 Å². The van der Waals surface area contributed by atoms with Gasteiger partial charge >= 0.3 is 152 Å². The molecule has 0 saturated carbocycles. The van der Waals surface area contributed by atoms with E-state index in [-0.39, 0.29) is 32.3 Å². The molecule has 1 aliphatic rings. The molecule has 0 spiro atoms. The number of hydrogen-bond acceptors (Lipinski definition) is 0. The summed E-state index contributed by atoms with van der Waals surface area (Å²) < 4.78 is 0.650. The Morgan fingerprint density at radius 2 is 1.20 bits per heavy atom. The molecular weight excluding hydrogens is 533 g/mol. The molecular formula is C21H14Cl2HfP. The van der Waals surface area contributed by atoms with Crippen LogP contribution in [0.1, 0.15) is 14.8 Å². The molecule has 1 aliphatic carbocycles. The Bertz CT molecular complexity index is 1040. The molecule has 0 fully saturated rings. The molecule has 1 heterocycles. The summed E-state index contributed by atoms with van der Waals surface area (Å²) in [4.78, 5) is 0. The van der Waals surface area contributed by atoms with Crippen molar-refractivity contribution in [2.75, 3.05) is 0 Å². The van der Waals surface area contributed by atoms with E-state index in [9.17, 15) is 0 Å². The van der Waals surface area contributed by atoms with Gasteiger partial charge in [-0.1, -0.05) is 0 Å². The zero-order valence-corrected chi connectivity index (χ0v) is 19.3. The van der Waals surface area contributed by atoms with Gasteiger partial charge in [0.25, 0.3) is 0 Å². The van der Waals surface area contributed by atoms with Crippen LogP contribution in [-0.2, 0) is 24.4 Å². The van der Waals surface area contributed by atoms with Crippen molar-refractivity contribution in [1.82, 2.24) is 0 Å². The molecule has 0 nitrogen and oxygen atoms in total. The normalized spacial score (nSPS) is 15.4. The van der Waals surface area contributed by atoms with Crippen LogP contribution in [0.25, 0.3) is 32.4 Å². The van der Waals surface area contributed by atoms with E-state index >= 15 is 0 Å². The maximum atomic E-state index is 2.48. The minimum atomic E-state index is -0.368. The number of rotatable bonds is 1.